The van der Waals surface area contributed by atoms with Crippen molar-refractivity contribution in [1.29, 1.82) is 5.26 Å². The molecule has 0 saturated carbocycles. The van der Waals surface area contributed by atoms with E-state index in [0.717, 1.165) is 0 Å². The molecule has 2 aromatic rings. The van der Waals surface area contributed by atoms with Crippen LogP contribution in [-0.4, -0.2) is 42.3 Å². The van der Waals surface area contributed by atoms with E-state index >= 15 is 0 Å². The van der Waals surface area contributed by atoms with Gasteiger partial charge in [-0.15, -0.1) is 0 Å². The molecule has 3 N–H and O–H groups in total. The first-order valence-electron chi connectivity index (χ1n) is 9.61. The van der Waals surface area contributed by atoms with Gasteiger partial charge < -0.3 is 15.8 Å². The van der Waals surface area contributed by atoms with Crippen molar-refractivity contribution in [2.24, 2.45) is 10.7 Å². The number of rotatable bonds is 2. The molecule has 160 valence electrons. The Balaban J connectivity index is 1.71. The second-order valence-electron chi connectivity index (χ2n) is 8.11. The van der Waals surface area contributed by atoms with Gasteiger partial charge in [0, 0.05) is 23.9 Å². The molecule has 0 fully saturated rings. The fourth-order valence-corrected chi connectivity index (χ4v) is 5.39. The van der Waals surface area contributed by atoms with Gasteiger partial charge in [0.2, 0.25) is 0 Å². The number of amides is 1. The Labute approximate surface area is 179 Å². The number of nitrogens with one attached hydrogen (secondary N) is 1. The van der Waals surface area contributed by atoms with Crippen molar-refractivity contribution in [2.45, 2.75) is 30.6 Å². The van der Waals surface area contributed by atoms with Crippen LogP contribution in [-0.2, 0) is 15.4 Å². The van der Waals surface area contributed by atoms with E-state index in [1.54, 1.807) is 32.0 Å². The number of aliphatic imine (C=N–C) groups is 1. The zero-order valence-electron chi connectivity index (χ0n) is 17.0. The van der Waals surface area contributed by atoms with Gasteiger partial charge in [-0.2, -0.15) is 5.26 Å². The minimum atomic E-state index is -3.58. The van der Waals surface area contributed by atoms with Crippen molar-refractivity contribution < 1.29 is 17.9 Å². The summed E-state index contributed by atoms with van der Waals surface area (Å²) in [7, 11) is -3.58. The van der Waals surface area contributed by atoms with Gasteiger partial charge in [0.1, 0.15) is 33.6 Å². The Morgan fingerprint density at radius 1 is 1.29 bits per heavy atom. The van der Waals surface area contributed by atoms with Gasteiger partial charge in [-0.3, -0.25) is 9.79 Å². The molecule has 0 unspecified atom stereocenters. The predicted molar refractivity (Wildman–Crippen MR) is 115 cm³/mol. The van der Waals surface area contributed by atoms with Crippen molar-refractivity contribution in [2.75, 3.05) is 17.7 Å². The smallest absolute Gasteiger partial charge is 0.274 e. The van der Waals surface area contributed by atoms with Crippen LogP contribution in [0.2, 0.25) is 0 Å². The van der Waals surface area contributed by atoms with Gasteiger partial charge in [-0.1, -0.05) is 0 Å². The van der Waals surface area contributed by atoms with Crippen LogP contribution < -0.4 is 15.8 Å². The van der Waals surface area contributed by atoms with Gasteiger partial charge in [-0.05, 0) is 44.2 Å². The molecule has 0 radical (unpaired) electrons. The van der Waals surface area contributed by atoms with E-state index in [4.69, 9.17) is 15.7 Å². The number of nitrogens with two attached hydrogens (primary N) is 1. The summed E-state index contributed by atoms with van der Waals surface area (Å²) in [5.41, 5.74) is 6.52. The molecular weight excluding hydrogens is 418 g/mol. The Bertz CT molecular complexity index is 1250. The number of hydrogen-bond acceptors (Lipinski definition) is 8. The summed E-state index contributed by atoms with van der Waals surface area (Å²) in [5.74, 6) is -0.0933. The topological polar surface area (TPSA) is 148 Å². The van der Waals surface area contributed by atoms with Crippen LogP contribution in [0.4, 0.5) is 5.69 Å². The van der Waals surface area contributed by atoms with Crippen LogP contribution in [0.1, 0.15) is 41.9 Å². The maximum absolute atomic E-state index is 13.0. The van der Waals surface area contributed by atoms with E-state index in [9.17, 15) is 13.2 Å². The molecular formula is C21H21N5O4S. The molecule has 1 amide bonds. The van der Waals surface area contributed by atoms with Crippen LogP contribution in [0.3, 0.4) is 0 Å². The molecule has 0 aliphatic carbocycles. The molecule has 2 aliphatic heterocycles. The number of benzene rings is 1. The van der Waals surface area contributed by atoms with Gasteiger partial charge in [0.15, 0.2) is 9.84 Å². The van der Waals surface area contributed by atoms with E-state index in [1.807, 2.05) is 6.07 Å². The normalized spacial score (nSPS) is 23.1. The lowest BCUT2D eigenvalue weighted by atomic mass is 9.85. The molecule has 0 saturated heterocycles. The number of nitrogens with zero attached hydrogens (tertiary/aromatic N) is 3. The minimum absolute atomic E-state index is 0.0582. The van der Waals surface area contributed by atoms with Crippen molar-refractivity contribution in [3.8, 4) is 11.8 Å². The highest BCUT2D eigenvalue weighted by Crippen LogP contribution is 2.46. The van der Waals surface area contributed by atoms with Crippen LogP contribution in [0.15, 0.2) is 41.5 Å². The second kappa shape index (κ2) is 7.06. The number of hydrogen-bond donors (Lipinski definition) is 2. The van der Waals surface area contributed by atoms with E-state index in [1.165, 1.54) is 18.3 Å². The standard InChI is InChI=1S/C21H21N5O4S/c1-20(2)19(23)26-21(12-31(20,28)29)7-8-30-17-6-4-14(9-15(17)21)25-18(27)16-5-3-13(10-22)11-24-16/h3-6,9,11H,7-8,12H2,1-2H3,(H2,23,26)(H,25,27)/t21-/m0/s1. The molecule has 3 heterocycles. The highest BCUT2D eigenvalue weighted by atomic mass is 32.2. The largest absolute Gasteiger partial charge is 0.493 e. The number of ether oxygens (including phenoxy) is 1. The number of anilines is 1. The third kappa shape index (κ3) is 3.41. The van der Waals surface area contributed by atoms with Gasteiger partial charge >= 0.3 is 0 Å². The Morgan fingerprint density at radius 3 is 2.71 bits per heavy atom. The zero-order valence-corrected chi connectivity index (χ0v) is 17.9. The highest BCUT2D eigenvalue weighted by Gasteiger charge is 2.52. The molecule has 31 heavy (non-hydrogen) atoms. The number of nitriles is 1. The van der Waals surface area contributed by atoms with E-state index < -0.39 is 26.0 Å². The summed E-state index contributed by atoms with van der Waals surface area (Å²) in [6.45, 7) is 3.41. The summed E-state index contributed by atoms with van der Waals surface area (Å²) in [6, 6.07) is 9.91. The molecule has 1 atom stereocenters. The molecule has 1 aromatic carbocycles. The third-order valence-corrected chi connectivity index (χ3v) is 8.42. The summed E-state index contributed by atoms with van der Waals surface area (Å²) < 4.78 is 30.5. The van der Waals surface area contributed by atoms with Gasteiger partial charge in [-0.25, -0.2) is 13.4 Å². The lowest BCUT2D eigenvalue weighted by Gasteiger charge is -2.42. The van der Waals surface area contributed by atoms with Gasteiger partial charge in [0.05, 0.1) is 17.9 Å². The minimum Gasteiger partial charge on any atom is -0.493 e. The number of carbonyl (C=O) groups excluding carboxylic acids is 1. The maximum Gasteiger partial charge on any atom is 0.274 e. The molecule has 0 bridgehead atoms. The van der Waals surface area contributed by atoms with Crippen molar-refractivity contribution >= 4 is 27.3 Å². The summed E-state index contributed by atoms with van der Waals surface area (Å²) in [5, 5.41) is 11.6. The number of fused-ring (bicyclic) bond motifs is 2. The second-order valence-corrected chi connectivity index (χ2v) is 10.6. The number of aromatic nitrogens is 1. The van der Waals surface area contributed by atoms with E-state index in [0.29, 0.717) is 35.6 Å². The van der Waals surface area contributed by atoms with Crippen LogP contribution >= 0.6 is 0 Å². The average Bonchev–Trinajstić information content (AvgIpc) is 2.73. The van der Waals surface area contributed by atoms with E-state index in [-0.39, 0.29) is 17.3 Å². The van der Waals surface area contributed by atoms with Crippen molar-refractivity contribution in [1.82, 2.24) is 4.98 Å². The Morgan fingerprint density at radius 2 is 2.06 bits per heavy atom. The fraction of sp³-hybridized carbons (Fsp3) is 0.333. The first kappa shape index (κ1) is 20.8. The lowest BCUT2D eigenvalue weighted by molar-refractivity contribution is 0.102. The SMILES string of the molecule is CC1(C)C(N)=N[C@@]2(CCOc3ccc(NC(=O)c4ccc(C#N)cn4)cc32)CS1(=O)=O. The van der Waals surface area contributed by atoms with E-state index in [2.05, 4.69) is 15.3 Å². The highest BCUT2D eigenvalue weighted by molar-refractivity contribution is 7.93. The maximum atomic E-state index is 13.0. The fourth-order valence-electron chi connectivity index (χ4n) is 3.67. The number of pyridine rings is 1. The average molecular weight is 439 g/mol. The number of sulfone groups is 1. The van der Waals surface area contributed by atoms with Crippen LogP contribution in [0, 0.1) is 11.3 Å². The Hall–Kier alpha value is -3.45. The molecule has 1 aromatic heterocycles. The van der Waals surface area contributed by atoms with Crippen molar-refractivity contribution in [3.05, 3.63) is 53.3 Å². The summed E-state index contributed by atoms with van der Waals surface area (Å²) >= 11 is 0. The quantitative estimate of drug-likeness (QED) is 0.724. The Kier molecular flexibility index (Phi) is 4.74. The summed E-state index contributed by atoms with van der Waals surface area (Å²) in [6.07, 6.45) is 1.67. The lowest BCUT2D eigenvalue weighted by Crippen LogP contribution is -2.56. The van der Waals surface area contributed by atoms with Gasteiger partial charge in [0.25, 0.3) is 5.91 Å². The number of carbonyl (C=O) groups is 1. The molecule has 1 spiro atoms. The monoisotopic (exact) mass is 439 g/mol. The predicted octanol–water partition coefficient (Wildman–Crippen LogP) is 1.75. The molecule has 2 aliphatic rings. The number of amidine groups is 1. The first-order valence-corrected chi connectivity index (χ1v) is 11.3. The molecule has 10 heteroatoms. The van der Waals surface area contributed by atoms with Crippen molar-refractivity contribution in [3.63, 3.8) is 0 Å². The molecule has 9 nitrogen and oxygen atoms in total. The summed E-state index contributed by atoms with van der Waals surface area (Å²) in [4.78, 5) is 21.2. The zero-order chi connectivity index (χ0) is 22.4. The first-order chi connectivity index (χ1) is 14.6. The van der Waals surface area contributed by atoms with Crippen LogP contribution in [0.5, 0.6) is 5.75 Å². The van der Waals surface area contributed by atoms with Crippen LogP contribution in [0.25, 0.3) is 0 Å². The molecule has 4 rings (SSSR count). The third-order valence-electron chi connectivity index (χ3n) is 5.79.